The second-order valence-corrected chi connectivity index (χ2v) is 17.4. The maximum absolute atomic E-state index is 12.8. The van der Waals surface area contributed by atoms with Gasteiger partial charge >= 0.3 is 17.9 Å². The van der Waals surface area contributed by atoms with E-state index in [-0.39, 0.29) is 31.1 Å². The van der Waals surface area contributed by atoms with Crippen molar-refractivity contribution < 1.29 is 28.6 Å². The molecule has 0 N–H and O–H groups in total. The van der Waals surface area contributed by atoms with Crippen molar-refractivity contribution in [3.63, 3.8) is 0 Å². The molecular weight excluding hydrogens is 805 g/mol. The highest BCUT2D eigenvalue weighted by atomic mass is 16.6. The summed E-state index contributed by atoms with van der Waals surface area (Å²) in [5.74, 6) is -0.948. The molecule has 0 aliphatic carbocycles. The zero-order chi connectivity index (χ0) is 47.2. The number of carbonyl (C=O) groups excluding carboxylic acids is 3. The standard InChI is InChI=1S/C59H98O6/c1-4-7-10-13-16-19-22-25-28-29-32-34-37-40-43-46-49-52-58(61)64-55-56(65-59(62)53-50-47-44-41-38-35-31-27-24-21-18-15-12-9-6-3)54-63-57(60)51-48-45-42-39-36-33-30-26-23-20-17-14-11-8-5-2/h7,9-10,12,16,18-19,21,25-28,30-32,34,56H,4-6,8,11,13-15,17,20,22-24,29,33,35-55H2,1-3H3/b10-7-,12-9-,19-16-,21-18-,28-25-,30-26-,31-27-,34-32-. The Kier molecular flexibility index (Phi) is 50.0. The Balaban J connectivity index is 4.48. The molecule has 1 atom stereocenters. The maximum Gasteiger partial charge on any atom is 0.306 e. The van der Waals surface area contributed by atoms with E-state index in [9.17, 15) is 14.4 Å². The Labute approximate surface area is 400 Å². The number of allylic oxidation sites excluding steroid dienone is 16. The van der Waals surface area contributed by atoms with Crippen LogP contribution in [0.15, 0.2) is 97.2 Å². The molecule has 0 aromatic rings. The molecule has 0 aromatic heterocycles. The molecular formula is C59H98O6. The van der Waals surface area contributed by atoms with Gasteiger partial charge in [-0.3, -0.25) is 14.4 Å². The van der Waals surface area contributed by atoms with Crippen LogP contribution in [-0.2, 0) is 28.6 Å². The normalized spacial score (nSPS) is 12.8. The predicted octanol–water partition coefficient (Wildman–Crippen LogP) is 17.8. The first-order valence-electron chi connectivity index (χ1n) is 26.7. The van der Waals surface area contributed by atoms with E-state index < -0.39 is 6.10 Å². The minimum atomic E-state index is -0.801. The van der Waals surface area contributed by atoms with Crippen molar-refractivity contribution in [2.24, 2.45) is 0 Å². The molecule has 0 bridgehead atoms. The highest BCUT2D eigenvalue weighted by Crippen LogP contribution is 2.13. The van der Waals surface area contributed by atoms with Crippen LogP contribution in [-0.4, -0.2) is 37.2 Å². The molecule has 6 nitrogen and oxygen atoms in total. The van der Waals surface area contributed by atoms with Gasteiger partial charge < -0.3 is 14.2 Å². The van der Waals surface area contributed by atoms with Gasteiger partial charge in [0.25, 0.3) is 0 Å². The number of unbranched alkanes of at least 4 members (excludes halogenated alkanes) is 20. The Morgan fingerprint density at radius 1 is 0.323 bits per heavy atom. The quantitative estimate of drug-likeness (QED) is 0.0262. The van der Waals surface area contributed by atoms with Gasteiger partial charge in [0.15, 0.2) is 6.10 Å². The van der Waals surface area contributed by atoms with E-state index in [2.05, 4.69) is 118 Å². The van der Waals surface area contributed by atoms with Crippen LogP contribution < -0.4 is 0 Å². The zero-order valence-electron chi connectivity index (χ0n) is 42.2. The summed E-state index contributed by atoms with van der Waals surface area (Å²) in [5, 5.41) is 0. The molecule has 0 aliphatic heterocycles. The molecule has 0 spiro atoms. The number of carbonyl (C=O) groups is 3. The lowest BCUT2D eigenvalue weighted by atomic mass is 10.1. The minimum absolute atomic E-state index is 0.0978. The number of rotatable bonds is 47. The van der Waals surface area contributed by atoms with Gasteiger partial charge in [-0.05, 0) is 116 Å². The van der Waals surface area contributed by atoms with Gasteiger partial charge in [-0.2, -0.15) is 0 Å². The molecule has 0 saturated carbocycles. The highest BCUT2D eigenvalue weighted by molar-refractivity contribution is 5.71. The first kappa shape index (κ1) is 61.3. The third kappa shape index (κ3) is 51.2. The summed E-state index contributed by atoms with van der Waals surface area (Å²) in [5.41, 5.74) is 0. The van der Waals surface area contributed by atoms with Gasteiger partial charge in [0, 0.05) is 19.3 Å². The lowest BCUT2D eigenvalue weighted by molar-refractivity contribution is -0.167. The largest absolute Gasteiger partial charge is 0.462 e. The lowest BCUT2D eigenvalue weighted by Gasteiger charge is -2.18. The van der Waals surface area contributed by atoms with Crippen LogP contribution in [0.25, 0.3) is 0 Å². The Morgan fingerprint density at radius 3 is 0.954 bits per heavy atom. The molecule has 0 heterocycles. The van der Waals surface area contributed by atoms with Crippen LogP contribution in [0, 0.1) is 0 Å². The van der Waals surface area contributed by atoms with Gasteiger partial charge in [0.2, 0.25) is 0 Å². The third-order valence-electron chi connectivity index (χ3n) is 11.1. The van der Waals surface area contributed by atoms with E-state index in [0.29, 0.717) is 19.3 Å². The van der Waals surface area contributed by atoms with Crippen LogP contribution in [0.2, 0.25) is 0 Å². The average molecular weight is 903 g/mol. The van der Waals surface area contributed by atoms with Crippen LogP contribution in [0.5, 0.6) is 0 Å². The van der Waals surface area contributed by atoms with E-state index >= 15 is 0 Å². The molecule has 0 fully saturated rings. The first-order chi connectivity index (χ1) is 32.0. The SMILES string of the molecule is CC/C=C\C/C=C\C/C=C\C/C=C\CCCCCCC(=O)OCC(COC(=O)CCCCCCC/C=C\CCCCCCCC)OC(=O)CCCCCCC/C=C\C/C=C\C/C=C\CC. The maximum atomic E-state index is 12.8. The smallest absolute Gasteiger partial charge is 0.306 e. The summed E-state index contributed by atoms with van der Waals surface area (Å²) in [4.78, 5) is 38.1. The van der Waals surface area contributed by atoms with Crippen LogP contribution in [0.3, 0.4) is 0 Å². The topological polar surface area (TPSA) is 78.9 Å². The van der Waals surface area contributed by atoms with Crippen LogP contribution in [0.1, 0.15) is 239 Å². The van der Waals surface area contributed by atoms with Crippen molar-refractivity contribution in [3.8, 4) is 0 Å². The fourth-order valence-electron chi connectivity index (χ4n) is 7.09. The molecule has 370 valence electrons. The van der Waals surface area contributed by atoms with Crippen LogP contribution in [0.4, 0.5) is 0 Å². The van der Waals surface area contributed by atoms with E-state index in [4.69, 9.17) is 14.2 Å². The number of ether oxygens (including phenoxy) is 3. The summed E-state index contributed by atoms with van der Waals surface area (Å²) in [7, 11) is 0. The highest BCUT2D eigenvalue weighted by Gasteiger charge is 2.19. The fraction of sp³-hybridized carbons (Fsp3) is 0.678. The van der Waals surface area contributed by atoms with E-state index in [1.54, 1.807) is 0 Å². The second kappa shape index (κ2) is 52.9. The van der Waals surface area contributed by atoms with E-state index in [1.165, 1.54) is 57.8 Å². The predicted molar refractivity (Wildman–Crippen MR) is 279 cm³/mol. The molecule has 65 heavy (non-hydrogen) atoms. The van der Waals surface area contributed by atoms with Crippen molar-refractivity contribution in [3.05, 3.63) is 97.2 Å². The average Bonchev–Trinajstić information content (AvgIpc) is 3.30. The summed E-state index contributed by atoms with van der Waals surface area (Å²) in [6.07, 6.45) is 69.6. The molecule has 0 saturated heterocycles. The summed E-state index contributed by atoms with van der Waals surface area (Å²) in [6, 6.07) is 0. The molecule has 1 unspecified atom stereocenters. The van der Waals surface area contributed by atoms with E-state index in [0.717, 1.165) is 141 Å². The fourth-order valence-corrected chi connectivity index (χ4v) is 7.09. The summed E-state index contributed by atoms with van der Waals surface area (Å²) >= 11 is 0. The third-order valence-corrected chi connectivity index (χ3v) is 11.1. The molecule has 6 heteroatoms. The Bertz CT molecular complexity index is 1310. The van der Waals surface area contributed by atoms with Crippen molar-refractivity contribution >= 4 is 17.9 Å². The molecule has 0 amide bonds. The molecule has 0 radical (unpaired) electrons. The van der Waals surface area contributed by atoms with Gasteiger partial charge in [-0.15, -0.1) is 0 Å². The lowest BCUT2D eigenvalue weighted by Crippen LogP contribution is -2.30. The summed E-state index contributed by atoms with van der Waals surface area (Å²) < 4.78 is 16.8. The Morgan fingerprint density at radius 2 is 0.600 bits per heavy atom. The monoisotopic (exact) mass is 903 g/mol. The number of esters is 3. The van der Waals surface area contributed by atoms with Crippen molar-refractivity contribution in [2.45, 2.75) is 245 Å². The summed E-state index contributed by atoms with van der Waals surface area (Å²) in [6.45, 7) is 6.36. The first-order valence-corrected chi connectivity index (χ1v) is 26.7. The number of hydrogen-bond acceptors (Lipinski definition) is 6. The second-order valence-electron chi connectivity index (χ2n) is 17.4. The van der Waals surface area contributed by atoms with Crippen molar-refractivity contribution in [2.75, 3.05) is 13.2 Å². The van der Waals surface area contributed by atoms with Gasteiger partial charge in [-0.1, -0.05) is 201 Å². The number of hydrogen-bond donors (Lipinski definition) is 0. The zero-order valence-corrected chi connectivity index (χ0v) is 42.2. The molecule has 0 aliphatic rings. The van der Waals surface area contributed by atoms with Crippen LogP contribution >= 0.6 is 0 Å². The van der Waals surface area contributed by atoms with Gasteiger partial charge in [0.1, 0.15) is 13.2 Å². The molecule has 0 aromatic carbocycles. The van der Waals surface area contributed by atoms with E-state index in [1.807, 2.05) is 0 Å². The van der Waals surface area contributed by atoms with Crippen molar-refractivity contribution in [1.82, 2.24) is 0 Å². The Hall–Kier alpha value is -3.67. The van der Waals surface area contributed by atoms with Crippen molar-refractivity contribution in [1.29, 1.82) is 0 Å². The molecule has 0 rings (SSSR count). The van der Waals surface area contributed by atoms with Gasteiger partial charge in [0.05, 0.1) is 0 Å². The minimum Gasteiger partial charge on any atom is -0.462 e. The van der Waals surface area contributed by atoms with Gasteiger partial charge in [-0.25, -0.2) is 0 Å².